The Kier molecular flexibility index (Phi) is 8.17. The fourth-order valence-corrected chi connectivity index (χ4v) is 8.06. The highest BCUT2D eigenvalue weighted by molar-refractivity contribution is 8.13. The third-order valence-corrected chi connectivity index (χ3v) is 9.90. The molecule has 6 atom stereocenters. The van der Waals surface area contributed by atoms with E-state index in [1.165, 1.54) is 43.9 Å². The van der Waals surface area contributed by atoms with Gasteiger partial charge in [-0.15, -0.1) is 0 Å². The Morgan fingerprint density at radius 1 is 1.09 bits per heavy atom. The normalized spacial score (nSPS) is 33.6. The van der Waals surface area contributed by atoms with Gasteiger partial charge in [0.2, 0.25) is 5.91 Å². The van der Waals surface area contributed by atoms with Crippen molar-refractivity contribution in [3.05, 3.63) is 0 Å². The lowest BCUT2D eigenvalue weighted by molar-refractivity contribution is -0.134. The van der Waals surface area contributed by atoms with Crippen LogP contribution in [0.15, 0.2) is 0 Å². The summed E-state index contributed by atoms with van der Waals surface area (Å²) in [5, 5.41) is 3.06. The third-order valence-electron chi connectivity index (χ3n) is 9.11. The summed E-state index contributed by atoms with van der Waals surface area (Å²) in [4.78, 5) is 43.6. The number of fused-ring (bicyclic) bond motifs is 1. The summed E-state index contributed by atoms with van der Waals surface area (Å²) in [6, 6.07) is -0.709. The maximum absolute atomic E-state index is 13.3. The minimum atomic E-state index is -0.541. The van der Waals surface area contributed by atoms with E-state index in [1.54, 1.807) is 13.8 Å². The number of likely N-dealkylation sites (N-methyl/N-ethyl adjacent to an activating group) is 1. The molecule has 34 heavy (non-hydrogen) atoms. The lowest BCUT2D eigenvalue weighted by Crippen LogP contribution is -2.55. The summed E-state index contributed by atoms with van der Waals surface area (Å²) in [5.74, 6) is 4.06. The molecule has 1 heterocycles. The molecule has 1 N–H and O–H groups in total. The Labute approximate surface area is 209 Å². The Hall–Kier alpha value is -1.28. The van der Waals surface area contributed by atoms with E-state index < -0.39 is 6.04 Å². The molecule has 0 spiro atoms. The average molecular weight is 493 g/mol. The molecule has 2 bridgehead atoms. The number of carbonyl (C=O) groups is 3. The first-order valence-electron chi connectivity index (χ1n) is 13.3. The van der Waals surface area contributed by atoms with Crippen LogP contribution in [0, 0.1) is 29.1 Å². The molecule has 0 aromatic rings. The summed E-state index contributed by atoms with van der Waals surface area (Å²) in [6.45, 7) is 10.2. The molecule has 3 saturated carbocycles. The Morgan fingerprint density at radius 2 is 1.82 bits per heavy atom. The van der Waals surface area contributed by atoms with Crippen LogP contribution in [0.5, 0.6) is 0 Å². The molecule has 1 saturated heterocycles. The molecule has 5 unspecified atom stereocenters. The van der Waals surface area contributed by atoms with E-state index in [0.717, 1.165) is 43.2 Å². The summed E-state index contributed by atoms with van der Waals surface area (Å²) < 4.78 is 0. The van der Waals surface area contributed by atoms with Gasteiger partial charge in [0.05, 0.1) is 0 Å². The molecule has 1 aliphatic heterocycles. The largest absolute Gasteiger partial charge is 0.338 e. The van der Waals surface area contributed by atoms with Gasteiger partial charge in [-0.3, -0.25) is 9.59 Å². The van der Waals surface area contributed by atoms with Crippen LogP contribution in [0.2, 0.25) is 0 Å². The molecule has 8 heteroatoms. The molecular weight excluding hydrogens is 448 g/mol. The highest BCUT2D eigenvalue weighted by Crippen LogP contribution is 2.68. The molecule has 0 radical (unpaired) electrons. The maximum atomic E-state index is 13.3. The molecule has 3 aliphatic carbocycles. The van der Waals surface area contributed by atoms with E-state index in [2.05, 4.69) is 24.2 Å². The van der Waals surface area contributed by atoms with Gasteiger partial charge in [0.15, 0.2) is 5.12 Å². The number of nitrogens with zero attached hydrogens (tertiary/aromatic N) is 3. The van der Waals surface area contributed by atoms with Crippen molar-refractivity contribution in [1.29, 1.82) is 0 Å². The summed E-state index contributed by atoms with van der Waals surface area (Å²) >= 11 is 1.27. The minimum Gasteiger partial charge on any atom is -0.338 e. The average Bonchev–Trinajstić information content (AvgIpc) is 2.96. The van der Waals surface area contributed by atoms with E-state index in [0.29, 0.717) is 37.3 Å². The standard InChI is InChI=1S/C26H44N4O3S/c1-18-13-21-15-23-22(14-18)17-26(23,16-21)5-6-30(11-12-34-20(3)31)25(33)27-19(2)24(32)29-9-7-28(4)8-10-29/h18-19,21-23H,5-17H2,1-4H3,(H,27,33)/t18?,19-,21?,22?,23?,26?/m0/s1. The lowest BCUT2D eigenvalue weighted by atomic mass is 9.52. The van der Waals surface area contributed by atoms with Crippen LogP contribution < -0.4 is 5.32 Å². The number of urea groups is 1. The van der Waals surface area contributed by atoms with Crippen LogP contribution in [0.4, 0.5) is 4.79 Å². The fraction of sp³-hybridized carbons (Fsp3) is 0.885. The van der Waals surface area contributed by atoms with Crippen molar-refractivity contribution in [3.8, 4) is 0 Å². The molecule has 7 nitrogen and oxygen atoms in total. The zero-order valence-electron chi connectivity index (χ0n) is 21.6. The molecule has 4 fully saturated rings. The van der Waals surface area contributed by atoms with Gasteiger partial charge >= 0.3 is 6.03 Å². The highest BCUT2D eigenvalue weighted by Gasteiger charge is 2.59. The maximum Gasteiger partial charge on any atom is 0.318 e. The van der Waals surface area contributed by atoms with Gasteiger partial charge in [-0.25, -0.2) is 4.79 Å². The monoisotopic (exact) mass is 492 g/mol. The van der Waals surface area contributed by atoms with Crippen molar-refractivity contribution in [3.63, 3.8) is 0 Å². The summed E-state index contributed by atoms with van der Waals surface area (Å²) in [5.41, 5.74) is 0.420. The number of hydrogen-bond donors (Lipinski definition) is 1. The van der Waals surface area contributed by atoms with Crippen LogP contribution in [0.1, 0.15) is 59.3 Å². The van der Waals surface area contributed by atoms with Gasteiger partial charge in [-0.2, -0.15) is 0 Å². The van der Waals surface area contributed by atoms with Crippen molar-refractivity contribution in [2.24, 2.45) is 29.1 Å². The van der Waals surface area contributed by atoms with Crippen LogP contribution >= 0.6 is 11.8 Å². The summed E-state index contributed by atoms with van der Waals surface area (Å²) in [6.07, 6.45) is 7.85. The molecule has 3 amide bonds. The second-order valence-electron chi connectivity index (χ2n) is 11.7. The van der Waals surface area contributed by atoms with Crippen molar-refractivity contribution < 1.29 is 14.4 Å². The van der Waals surface area contributed by atoms with E-state index >= 15 is 0 Å². The topological polar surface area (TPSA) is 73.0 Å². The number of carbonyl (C=O) groups excluding carboxylic acids is 3. The molecule has 4 rings (SSSR count). The smallest absolute Gasteiger partial charge is 0.318 e. The van der Waals surface area contributed by atoms with Crippen molar-refractivity contribution in [1.82, 2.24) is 20.0 Å². The van der Waals surface area contributed by atoms with Gasteiger partial charge in [0, 0.05) is 51.9 Å². The fourth-order valence-electron chi connectivity index (χ4n) is 7.46. The SMILES string of the molecule is CC(=O)SCCN(CCC12CC3CC(C)CC(C1)C2C3)C(=O)N[C@@H](C)C(=O)N1CCN(C)CC1. The predicted molar refractivity (Wildman–Crippen MR) is 137 cm³/mol. The van der Waals surface area contributed by atoms with Gasteiger partial charge in [0.1, 0.15) is 6.04 Å². The Morgan fingerprint density at radius 3 is 2.53 bits per heavy atom. The first-order valence-corrected chi connectivity index (χ1v) is 14.3. The van der Waals surface area contributed by atoms with E-state index in [-0.39, 0.29) is 17.1 Å². The van der Waals surface area contributed by atoms with E-state index in [9.17, 15) is 14.4 Å². The van der Waals surface area contributed by atoms with E-state index in [4.69, 9.17) is 0 Å². The number of amides is 3. The van der Waals surface area contributed by atoms with Gasteiger partial charge in [-0.1, -0.05) is 18.7 Å². The number of piperazine rings is 1. The summed E-state index contributed by atoms with van der Waals surface area (Å²) in [7, 11) is 2.06. The van der Waals surface area contributed by atoms with Crippen LogP contribution in [-0.4, -0.2) is 89.9 Å². The molecule has 0 aromatic heterocycles. The Bertz CT molecular complexity index is 767. The minimum absolute atomic E-state index is 0.00472. The molecule has 192 valence electrons. The van der Waals surface area contributed by atoms with Crippen molar-refractivity contribution in [2.75, 3.05) is 52.1 Å². The molecule has 0 aromatic carbocycles. The van der Waals surface area contributed by atoms with Crippen LogP contribution in [0.3, 0.4) is 0 Å². The van der Waals surface area contributed by atoms with Gasteiger partial charge in [0.25, 0.3) is 0 Å². The van der Waals surface area contributed by atoms with Crippen molar-refractivity contribution >= 4 is 28.8 Å². The highest BCUT2D eigenvalue weighted by atomic mass is 32.2. The first-order chi connectivity index (χ1) is 16.2. The zero-order valence-corrected chi connectivity index (χ0v) is 22.4. The van der Waals surface area contributed by atoms with Crippen molar-refractivity contribution in [2.45, 2.75) is 65.3 Å². The lowest BCUT2D eigenvalue weighted by Gasteiger charge is -2.54. The number of nitrogens with one attached hydrogen (secondary N) is 1. The second kappa shape index (κ2) is 10.8. The zero-order chi connectivity index (χ0) is 24.5. The van der Waals surface area contributed by atoms with Crippen LogP contribution in [0.25, 0.3) is 0 Å². The molecular formula is C26H44N4O3S. The quantitative estimate of drug-likeness (QED) is 0.563. The molecule has 4 aliphatic rings. The first kappa shape index (κ1) is 25.8. The van der Waals surface area contributed by atoms with Crippen LogP contribution in [-0.2, 0) is 9.59 Å². The second-order valence-corrected chi connectivity index (χ2v) is 13.0. The third kappa shape index (κ3) is 5.75. The van der Waals surface area contributed by atoms with Gasteiger partial charge < -0.3 is 20.0 Å². The van der Waals surface area contributed by atoms with E-state index in [1.807, 2.05) is 9.80 Å². The number of rotatable bonds is 8. The van der Waals surface area contributed by atoms with Gasteiger partial charge in [-0.05, 0) is 81.6 Å². The number of hydrogen-bond acceptors (Lipinski definition) is 5. The Balaban J connectivity index is 1.33. The predicted octanol–water partition coefficient (Wildman–Crippen LogP) is 3.29. The number of thioether (sulfide) groups is 1.